The second-order valence-corrected chi connectivity index (χ2v) is 3.73. The number of methoxy groups -OCH3 is 1. The summed E-state index contributed by atoms with van der Waals surface area (Å²) in [7, 11) is 1.47. The first-order valence-electron chi connectivity index (χ1n) is 5.49. The van der Waals surface area contributed by atoms with E-state index in [9.17, 15) is 13.2 Å². The van der Waals surface area contributed by atoms with Crippen LogP contribution in [0.15, 0.2) is 41.3 Å². The average molecular weight is 285 g/mol. The maximum Gasteiger partial charge on any atom is 0.573 e. The zero-order valence-electron chi connectivity index (χ0n) is 10.3. The van der Waals surface area contributed by atoms with Gasteiger partial charge < -0.3 is 14.0 Å². The van der Waals surface area contributed by atoms with Crippen LogP contribution in [0.1, 0.15) is 5.56 Å². The van der Waals surface area contributed by atoms with Crippen LogP contribution in [0.25, 0.3) is 17.3 Å². The van der Waals surface area contributed by atoms with Gasteiger partial charge >= 0.3 is 6.36 Å². The number of hydrogen-bond donors (Lipinski definition) is 0. The van der Waals surface area contributed by atoms with E-state index >= 15 is 0 Å². The van der Waals surface area contributed by atoms with Crippen molar-refractivity contribution < 1.29 is 27.2 Å². The SMILES string of the molecule is COC=Cc1ccc(OC(F)(F)F)c(-c2ccon2)c1. The van der Waals surface area contributed by atoms with Crippen LogP contribution in [-0.4, -0.2) is 18.6 Å². The molecule has 2 aromatic rings. The number of ether oxygens (including phenoxy) is 2. The van der Waals surface area contributed by atoms with Crippen LogP contribution in [-0.2, 0) is 4.74 Å². The van der Waals surface area contributed by atoms with Gasteiger partial charge in [-0.3, -0.25) is 0 Å². The zero-order chi connectivity index (χ0) is 14.6. The quantitative estimate of drug-likeness (QED) is 0.800. The molecule has 0 aliphatic heterocycles. The van der Waals surface area contributed by atoms with Gasteiger partial charge in [-0.1, -0.05) is 11.2 Å². The minimum Gasteiger partial charge on any atom is -0.504 e. The highest BCUT2D eigenvalue weighted by Gasteiger charge is 2.32. The molecular weight excluding hydrogens is 275 g/mol. The molecule has 0 spiro atoms. The van der Waals surface area contributed by atoms with Gasteiger partial charge in [0.25, 0.3) is 0 Å². The highest BCUT2D eigenvalue weighted by atomic mass is 19.4. The first-order valence-corrected chi connectivity index (χ1v) is 5.49. The van der Waals surface area contributed by atoms with Gasteiger partial charge in [0.05, 0.1) is 13.4 Å². The predicted octanol–water partition coefficient (Wildman–Crippen LogP) is 3.86. The lowest BCUT2D eigenvalue weighted by Crippen LogP contribution is -2.17. The third kappa shape index (κ3) is 3.53. The summed E-state index contributed by atoms with van der Waals surface area (Å²) in [6.07, 6.45) is -0.500. The van der Waals surface area contributed by atoms with Crippen LogP contribution >= 0.6 is 0 Å². The van der Waals surface area contributed by atoms with Crippen molar-refractivity contribution in [2.45, 2.75) is 6.36 Å². The largest absolute Gasteiger partial charge is 0.573 e. The van der Waals surface area contributed by atoms with Gasteiger partial charge in [-0.05, 0) is 23.8 Å². The van der Waals surface area contributed by atoms with Gasteiger partial charge in [0, 0.05) is 11.6 Å². The number of aromatic nitrogens is 1. The lowest BCUT2D eigenvalue weighted by molar-refractivity contribution is -0.274. The summed E-state index contributed by atoms with van der Waals surface area (Å²) in [5.41, 5.74) is 1.06. The van der Waals surface area contributed by atoms with Crippen LogP contribution < -0.4 is 4.74 Å². The summed E-state index contributed by atoms with van der Waals surface area (Å²) in [5, 5.41) is 3.62. The Morgan fingerprint density at radius 3 is 2.65 bits per heavy atom. The van der Waals surface area contributed by atoms with Gasteiger partial charge in [-0.2, -0.15) is 0 Å². The van der Waals surface area contributed by atoms with E-state index in [1.165, 1.54) is 43.9 Å². The second-order valence-electron chi connectivity index (χ2n) is 3.73. The molecule has 0 atom stereocenters. The monoisotopic (exact) mass is 285 g/mol. The third-order valence-corrected chi connectivity index (χ3v) is 2.34. The minimum atomic E-state index is -4.78. The van der Waals surface area contributed by atoms with Crippen molar-refractivity contribution in [1.29, 1.82) is 0 Å². The summed E-state index contributed by atoms with van der Waals surface area (Å²) < 4.78 is 50.5. The number of halogens is 3. The van der Waals surface area contributed by atoms with E-state index in [2.05, 4.69) is 14.4 Å². The molecule has 0 saturated heterocycles. The Kier molecular flexibility index (Phi) is 3.97. The van der Waals surface area contributed by atoms with E-state index < -0.39 is 6.36 Å². The van der Waals surface area contributed by atoms with E-state index in [1.54, 1.807) is 6.08 Å². The fourth-order valence-corrected chi connectivity index (χ4v) is 1.56. The molecule has 2 rings (SSSR count). The molecular formula is C13H10F3NO3. The fourth-order valence-electron chi connectivity index (χ4n) is 1.56. The number of nitrogens with zero attached hydrogens (tertiary/aromatic N) is 1. The summed E-state index contributed by atoms with van der Waals surface area (Å²) in [6, 6.07) is 5.63. The smallest absolute Gasteiger partial charge is 0.504 e. The van der Waals surface area contributed by atoms with Gasteiger partial charge in [-0.25, -0.2) is 0 Å². The van der Waals surface area contributed by atoms with Gasteiger partial charge in [-0.15, -0.1) is 13.2 Å². The first kappa shape index (κ1) is 14.0. The molecule has 0 aliphatic rings. The summed E-state index contributed by atoms with van der Waals surface area (Å²) in [6.45, 7) is 0. The van der Waals surface area contributed by atoms with E-state index in [0.717, 1.165) is 0 Å². The lowest BCUT2D eigenvalue weighted by atomic mass is 10.1. The summed E-state index contributed by atoms with van der Waals surface area (Å²) >= 11 is 0. The molecule has 106 valence electrons. The molecule has 0 aliphatic carbocycles. The molecule has 0 bridgehead atoms. The van der Waals surface area contributed by atoms with Crippen LogP contribution in [0.2, 0.25) is 0 Å². The number of benzene rings is 1. The van der Waals surface area contributed by atoms with Crippen molar-refractivity contribution >= 4 is 6.08 Å². The molecule has 0 saturated carbocycles. The molecule has 0 unspecified atom stereocenters. The second kappa shape index (κ2) is 5.68. The maximum atomic E-state index is 12.4. The van der Waals surface area contributed by atoms with Crippen molar-refractivity contribution in [2.24, 2.45) is 0 Å². The van der Waals surface area contributed by atoms with Crippen LogP contribution in [0, 0.1) is 0 Å². The van der Waals surface area contributed by atoms with Gasteiger partial charge in [0.1, 0.15) is 17.7 Å². The summed E-state index contributed by atoms with van der Waals surface area (Å²) in [4.78, 5) is 0. The topological polar surface area (TPSA) is 44.5 Å². The Labute approximate surface area is 112 Å². The highest BCUT2D eigenvalue weighted by molar-refractivity contribution is 5.70. The standard InChI is InChI=1S/C13H10F3NO3/c1-18-6-4-9-2-3-12(20-13(14,15)16)10(8-9)11-5-7-19-17-11/h2-8H,1H3. The number of hydrogen-bond acceptors (Lipinski definition) is 4. The zero-order valence-corrected chi connectivity index (χ0v) is 10.3. The van der Waals surface area contributed by atoms with Crippen molar-refractivity contribution in [1.82, 2.24) is 5.16 Å². The number of alkyl halides is 3. The Morgan fingerprint density at radius 2 is 2.05 bits per heavy atom. The Balaban J connectivity index is 2.44. The maximum absolute atomic E-state index is 12.4. The molecule has 4 nitrogen and oxygen atoms in total. The normalized spacial score (nSPS) is 11.8. The van der Waals surface area contributed by atoms with Crippen molar-refractivity contribution in [3.8, 4) is 17.0 Å². The molecule has 1 aromatic carbocycles. The van der Waals surface area contributed by atoms with E-state index in [1.807, 2.05) is 0 Å². The Hall–Kier alpha value is -2.44. The van der Waals surface area contributed by atoms with Crippen molar-refractivity contribution in [2.75, 3.05) is 7.11 Å². The van der Waals surface area contributed by atoms with Gasteiger partial charge in [0.2, 0.25) is 0 Å². The molecule has 20 heavy (non-hydrogen) atoms. The van der Waals surface area contributed by atoms with Crippen LogP contribution in [0.5, 0.6) is 5.75 Å². The number of rotatable bonds is 4. The highest BCUT2D eigenvalue weighted by Crippen LogP contribution is 2.34. The molecule has 0 amide bonds. The van der Waals surface area contributed by atoms with E-state index in [-0.39, 0.29) is 17.0 Å². The van der Waals surface area contributed by atoms with Crippen molar-refractivity contribution in [3.63, 3.8) is 0 Å². The van der Waals surface area contributed by atoms with E-state index in [0.29, 0.717) is 5.56 Å². The molecule has 0 fully saturated rings. The van der Waals surface area contributed by atoms with Crippen molar-refractivity contribution in [3.05, 3.63) is 42.4 Å². The molecule has 0 radical (unpaired) electrons. The van der Waals surface area contributed by atoms with Crippen LogP contribution in [0.4, 0.5) is 13.2 Å². The Bertz CT molecular complexity index is 591. The fraction of sp³-hybridized carbons (Fsp3) is 0.154. The summed E-state index contributed by atoms with van der Waals surface area (Å²) in [5.74, 6) is -0.346. The lowest BCUT2D eigenvalue weighted by Gasteiger charge is -2.12. The third-order valence-electron chi connectivity index (χ3n) is 2.34. The average Bonchev–Trinajstić information content (AvgIpc) is 2.89. The van der Waals surface area contributed by atoms with Crippen LogP contribution in [0.3, 0.4) is 0 Å². The molecule has 7 heteroatoms. The predicted molar refractivity (Wildman–Crippen MR) is 64.7 cm³/mol. The molecule has 0 N–H and O–H groups in total. The van der Waals surface area contributed by atoms with E-state index in [4.69, 9.17) is 4.74 Å². The van der Waals surface area contributed by atoms with Gasteiger partial charge in [0.15, 0.2) is 0 Å². The Morgan fingerprint density at radius 1 is 1.25 bits per heavy atom. The molecule has 1 heterocycles. The first-order chi connectivity index (χ1) is 9.49. The minimum absolute atomic E-state index is 0.175. The molecule has 1 aromatic heterocycles.